The molecule has 1 heterocycles. The van der Waals surface area contributed by atoms with Crippen molar-refractivity contribution in [2.24, 2.45) is 0 Å². The molecule has 18 heavy (non-hydrogen) atoms. The lowest BCUT2D eigenvalue weighted by Crippen LogP contribution is -2.05. The van der Waals surface area contributed by atoms with Gasteiger partial charge in [0.2, 0.25) is 0 Å². The fraction of sp³-hybridized carbons (Fsp3) is 0.154. The number of carbonyl (C=O) groups is 1. The molecule has 0 radical (unpaired) electrons. The van der Waals surface area contributed by atoms with Gasteiger partial charge in [0.05, 0.1) is 23.8 Å². The predicted octanol–water partition coefficient (Wildman–Crippen LogP) is 3.11. The zero-order chi connectivity index (χ0) is 13.1. The number of benzene rings is 1. The van der Waals surface area contributed by atoms with Crippen LogP contribution in [0.15, 0.2) is 44.7 Å². The molecule has 0 saturated carbocycles. The van der Waals surface area contributed by atoms with Gasteiger partial charge < -0.3 is 14.9 Å². The van der Waals surface area contributed by atoms with Crippen LogP contribution in [-0.4, -0.2) is 13.1 Å². The SMILES string of the molecule is COC(=O)c1cc(Sc2ccoc2C)ccc1N. The molecule has 0 amide bonds. The summed E-state index contributed by atoms with van der Waals surface area (Å²) in [6.07, 6.45) is 1.64. The first-order chi connectivity index (χ1) is 8.61. The second-order valence-electron chi connectivity index (χ2n) is 3.68. The Morgan fingerprint density at radius 2 is 2.17 bits per heavy atom. The molecular formula is C13H13NO3S. The molecule has 0 aliphatic heterocycles. The Hall–Kier alpha value is -1.88. The van der Waals surface area contributed by atoms with Gasteiger partial charge in [0.15, 0.2) is 0 Å². The second-order valence-corrected chi connectivity index (χ2v) is 4.80. The Bertz CT molecular complexity index is 577. The Balaban J connectivity index is 2.30. The van der Waals surface area contributed by atoms with Crippen molar-refractivity contribution >= 4 is 23.4 Å². The minimum absolute atomic E-state index is 0.378. The molecule has 2 N–H and O–H groups in total. The lowest BCUT2D eigenvalue weighted by Gasteiger charge is -2.06. The third kappa shape index (κ3) is 2.51. The lowest BCUT2D eigenvalue weighted by molar-refractivity contribution is 0.0601. The highest BCUT2D eigenvalue weighted by atomic mass is 32.2. The standard InChI is InChI=1S/C13H13NO3S/c1-8-12(5-6-17-8)18-9-3-4-11(14)10(7-9)13(15)16-2/h3-7H,14H2,1-2H3. The average Bonchev–Trinajstić information content (AvgIpc) is 2.76. The fourth-order valence-corrected chi connectivity index (χ4v) is 2.37. The van der Waals surface area contributed by atoms with E-state index in [-0.39, 0.29) is 0 Å². The lowest BCUT2D eigenvalue weighted by atomic mass is 10.2. The summed E-state index contributed by atoms with van der Waals surface area (Å²) >= 11 is 1.51. The molecule has 0 saturated heterocycles. The van der Waals surface area contributed by atoms with Crippen LogP contribution in [-0.2, 0) is 4.74 Å². The first-order valence-electron chi connectivity index (χ1n) is 5.31. The number of aryl methyl sites for hydroxylation is 1. The van der Waals surface area contributed by atoms with E-state index in [2.05, 4.69) is 4.74 Å². The van der Waals surface area contributed by atoms with Gasteiger partial charge in [-0.3, -0.25) is 0 Å². The maximum atomic E-state index is 11.5. The van der Waals surface area contributed by atoms with Gasteiger partial charge in [0.25, 0.3) is 0 Å². The molecule has 0 aliphatic carbocycles. The van der Waals surface area contributed by atoms with Crippen molar-refractivity contribution in [1.29, 1.82) is 0 Å². The van der Waals surface area contributed by atoms with Crippen molar-refractivity contribution < 1.29 is 13.9 Å². The van der Waals surface area contributed by atoms with E-state index in [0.717, 1.165) is 15.6 Å². The minimum atomic E-state index is -0.432. The maximum absolute atomic E-state index is 11.5. The third-order valence-corrected chi connectivity index (χ3v) is 3.60. The molecule has 0 fully saturated rings. The Morgan fingerprint density at radius 3 is 2.78 bits per heavy atom. The fourth-order valence-electron chi connectivity index (χ4n) is 1.49. The van der Waals surface area contributed by atoms with Gasteiger partial charge in [-0.15, -0.1) is 0 Å². The van der Waals surface area contributed by atoms with E-state index in [0.29, 0.717) is 11.3 Å². The van der Waals surface area contributed by atoms with E-state index in [1.165, 1.54) is 18.9 Å². The largest absolute Gasteiger partial charge is 0.468 e. The number of methoxy groups -OCH3 is 1. The molecule has 1 aromatic carbocycles. The van der Waals surface area contributed by atoms with Crippen LogP contribution in [0.4, 0.5) is 5.69 Å². The molecule has 5 heteroatoms. The van der Waals surface area contributed by atoms with Crippen LogP contribution in [0.25, 0.3) is 0 Å². The summed E-state index contributed by atoms with van der Waals surface area (Å²) in [7, 11) is 1.34. The molecule has 0 atom stereocenters. The van der Waals surface area contributed by atoms with Crippen molar-refractivity contribution in [2.45, 2.75) is 16.7 Å². The summed E-state index contributed by atoms with van der Waals surface area (Å²) in [5.41, 5.74) is 6.53. The number of nitrogen functional groups attached to an aromatic ring is 1. The van der Waals surface area contributed by atoms with Gasteiger partial charge in [0, 0.05) is 10.6 Å². The summed E-state index contributed by atoms with van der Waals surface area (Å²) in [6.45, 7) is 1.89. The highest BCUT2D eigenvalue weighted by Gasteiger charge is 2.12. The topological polar surface area (TPSA) is 65.5 Å². The number of hydrogen-bond acceptors (Lipinski definition) is 5. The van der Waals surface area contributed by atoms with Gasteiger partial charge in [-0.1, -0.05) is 11.8 Å². The normalized spacial score (nSPS) is 10.3. The monoisotopic (exact) mass is 263 g/mol. The molecule has 0 bridgehead atoms. The van der Waals surface area contributed by atoms with Gasteiger partial charge in [-0.05, 0) is 31.2 Å². The van der Waals surface area contributed by atoms with E-state index in [9.17, 15) is 4.79 Å². The van der Waals surface area contributed by atoms with E-state index in [4.69, 9.17) is 10.2 Å². The van der Waals surface area contributed by atoms with Crippen molar-refractivity contribution in [3.05, 3.63) is 41.9 Å². The molecule has 0 unspecified atom stereocenters. The van der Waals surface area contributed by atoms with E-state index in [1.807, 2.05) is 19.1 Å². The molecular weight excluding hydrogens is 250 g/mol. The zero-order valence-corrected chi connectivity index (χ0v) is 10.9. The summed E-state index contributed by atoms with van der Waals surface area (Å²) < 4.78 is 9.91. The quantitative estimate of drug-likeness (QED) is 0.681. The van der Waals surface area contributed by atoms with E-state index < -0.39 is 5.97 Å². The number of esters is 1. The number of anilines is 1. The van der Waals surface area contributed by atoms with Crippen molar-refractivity contribution in [1.82, 2.24) is 0 Å². The number of furan rings is 1. The minimum Gasteiger partial charge on any atom is -0.468 e. The van der Waals surface area contributed by atoms with Gasteiger partial charge in [0.1, 0.15) is 5.76 Å². The molecule has 0 aliphatic rings. The number of ether oxygens (including phenoxy) is 1. The van der Waals surface area contributed by atoms with Crippen molar-refractivity contribution in [3.8, 4) is 0 Å². The Kier molecular flexibility index (Phi) is 3.62. The van der Waals surface area contributed by atoms with Crippen LogP contribution in [0.3, 0.4) is 0 Å². The summed E-state index contributed by atoms with van der Waals surface area (Å²) in [5, 5.41) is 0. The molecule has 0 spiro atoms. The van der Waals surface area contributed by atoms with E-state index >= 15 is 0 Å². The predicted molar refractivity (Wildman–Crippen MR) is 69.8 cm³/mol. The zero-order valence-electron chi connectivity index (χ0n) is 10.1. The van der Waals surface area contributed by atoms with Crippen molar-refractivity contribution in [3.63, 3.8) is 0 Å². The smallest absolute Gasteiger partial charge is 0.339 e. The second kappa shape index (κ2) is 5.18. The summed E-state index contributed by atoms with van der Waals surface area (Å²) in [4.78, 5) is 13.4. The van der Waals surface area contributed by atoms with Crippen LogP contribution in [0.1, 0.15) is 16.1 Å². The van der Waals surface area contributed by atoms with E-state index in [1.54, 1.807) is 18.4 Å². The number of rotatable bonds is 3. The molecule has 2 rings (SSSR count). The highest BCUT2D eigenvalue weighted by molar-refractivity contribution is 7.99. The van der Waals surface area contributed by atoms with Crippen LogP contribution in [0.5, 0.6) is 0 Å². The summed E-state index contributed by atoms with van der Waals surface area (Å²) in [6, 6.07) is 7.16. The van der Waals surface area contributed by atoms with Crippen LogP contribution < -0.4 is 5.73 Å². The first-order valence-corrected chi connectivity index (χ1v) is 6.13. The molecule has 94 valence electrons. The number of hydrogen-bond donors (Lipinski definition) is 1. The molecule has 1 aromatic heterocycles. The van der Waals surface area contributed by atoms with Gasteiger partial charge in [-0.25, -0.2) is 4.79 Å². The van der Waals surface area contributed by atoms with Crippen LogP contribution in [0.2, 0.25) is 0 Å². The van der Waals surface area contributed by atoms with Crippen LogP contribution in [0, 0.1) is 6.92 Å². The molecule has 4 nitrogen and oxygen atoms in total. The summed E-state index contributed by atoms with van der Waals surface area (Å²) in [5.74, 6) is 0.412. The number of carbonyl (C=O) groups excluding carboxylic acids is 1. The molecule has 2 aromatic rings. The van der Waals surface area contributed by atoms with Crippen molar-refractivity contribution in [2.75, 3.05) is 12.8 Å². The Labute approximate surface area is 109 Å². The number of nitrogens with two attached hydrogens (primary N) is 1. The highest BCUT2D eigenvalue weighted by Crippen LogP contribution is 2.32. The Morgan fingerprint density at radius 1 is 1.39 bits per heavy atom. The van der Waals surface area contributed by atoms with Gasteiger partial charge >= 0.3 is 5.97 Å². The first kappa shape index (κ1) is 12.6. The average molecular weight is 263 g/mol. The van der Waals surface area contributed by atoms with Crippen LogP contribution >= 0.6 is 11.8 Å². The maximum Gasteiger partial charge on any atom is 0.339 e. The van der Waals surface area contributed by atoms with Gasteiger partial charge in [-0.2, -0.15) is 0 Å². The third-order valence-electron chi connectivity index (χ3n) is 2.47.